The average molecular weight is 458 g/mol. The first kappa shape index (κ1) is 23.0. The van der Waals surface area contributed by atoms with Crippen LogP contribution >= 0.6 is 0 Å². The van der Waals surface area contributed by atoms with Crippen LogP contribution in [-0.4, -0.2) is 36.3 Å². The van der Waals surface area contributed by atoms with Gasteiger partial charge >= 0.3 is 0 Å². The Morgan fingerprint density at radius 1 is 0.971 bits per heavy atom. The molecular formula is C27H27N3O4. The molecule has 0 aliphatic carbocycles. The minimum Gasteiger partial charge on any atom is -0.497 e. The summed E-state index contributed by atoms with van der Waals surface area (Å²) in [5.74, 6) is -0.0559. The molecule has 0 saturated heterocycles. The summed E-state index contributed by atoms with van der Waals surface area (Å²) in [7, 11) is 1.56. The van der Waals surface area contributed by atoms with Gasteiger partial charge in [-0.2, -0.15) is 0 Å². The maximum absolute atomic E-state index is 13.1. The highest BCUT2D eigenvalue weighted by atomic mass is 16.5. The number of nitrogens with one attached hydrogen (secondary N) is 2. The summed E-state index contributed by atoms with van der Waals surface area (Å²) in [4.78, 5) is 40.0. The average Bonchev–Trinajstić information content (AvgIpc) is 2.84. The Morgan fingerprint density at radius 3 is 2.53 bits per heavy atom. The minimum atomic E-state index is -0.350. The van der Waals surface area contributed by atoms with Crippen LogP contribution in [0.5, 0.6) is 5.75 Å². The van der Waals surface area contributed by atoms with Crippen molar-refractivity contribution >= 4 is 29.1 Å². The second-order valence-electron chi connectivity index (χ2n) is 8.16. The molecule has 1 aliphatic heterocycles. The summed E-state index contributed by atoms with van der Waals surface area (Å²) in [6.45, 7) is 2.10. The van der Waals surface area contributed by atoms with Crippen molar-refractivity contribution in [3.63, 3.8) is 0 Å². The number of benzene rings is 3. The molecule has 0 fully saturated rings. The molecule has 3 aromatic carbocycles. The molecule has 0 spiro atoms. The van der Waals surface area contributed by atoms with Gasteiger partial charge in [-0.05, 0) is 41.8 Å². The Labute approximate surface area is 198 Å². The number of carbonyl (C=O) groups is 3. The first-order valence-corrected chi connectivity index (χ1v) is 11.2. The van der Waals surface area contributed by atoms with Crippen LogP contribution < -0.4 is 15.4 Å². The zero-order valence-electron chi connectivity index (χ0n) is 19.2. The van der Waals surface area contributed by atoms with Crippen molar-refractivity contribution in [3.8, 4) is 5.75 Å². The maximum atomic E-state index is 13.1. The molecule has 7 nitrogen and oxygen atoms in total. The summed E-state index contributed by atoms with van der Waals surface area (Å²) in [6.07, 6.45) is 0.865. The first-order valence-electron chi connectivity index (χ1n) is 11.2. The van der Waals surface area contributed by atoms with Gasteiger partial charge in [0.15, 0.2) is 0 Å². The molecule has 0 bridgehead atoms. The van der Waals surface area contributed by atoms with Crippen molar-refractivity contribution < 1.29 is 19.1 Å². The predicted octanol–water partition coefficient (Wildman–Crippen LogP) is 4.42. The van der Waals surface area contributed by atoms with E-state index in [1.807, 2.05) is 24.3 Å². The van der Waals surface area contributed by atoms with Gasteiger partial charge in [-0.1, -0.05) is 42.5 Å². The molecule has 1 heterocycles. The minimum absolute atomic E-state index is 0.0645. The van der Waals surface area contributed by atoms with E-state index in [1.165, 1.54) is 6.92 Å². The number of carbonyl (C=O) groups excluding carboxylic acids is 3. The molecule has 0 radical (unpaired) electrons. The molecule has 3 amide bonds. The highest BCUT2D eigenvalue weighted by molar-refractivity contribution is 6.10. The monoisotopic (exact) mass is 457 g/mol. The van der Waals surface area contributed by atoms with Gasteiger partial charge in [-0.15, -0.1) is 0 Å². The van der Waals surface area contributed by atoms with Gasteiger partial charge in [0.05, 0.1) is 30.8 Å². The number of anilines is 2. The van der Waals surface area contributed by atoms with E-state index in [1.54, 1.807) is 60.5 Å². The lowest BCUT2D eigenvalue weighted by Gasteiger charge is -2.36. The third-order valence-corrected chi connectivity index (χ3v) is 5.97. The number of nitrogens with zero attached hydrogens (tertiary/aromatic N) is 1. The molecule has 3 aromatic rings. The van der Waals surface area contributed by atoms with Gasteiger partial charge in [-0.25, -0.2) is 0 Å². The van der Waals surface area contributed by atoms with Gasteiger partial charge in [0, 0.05) is 25.2 Å². The highest BCUT2D eigenvalue weighted by Gasteiger charge is 2.30. The molecule has 4 rings (SSSR count). The van der Waals surface area contributed by atoms with E-state index in [-0.39, 0.29) is 30.2 Å². The van der Waals surface area contributed by atoms with Crippen LogP contribution in [0.2, 0.25) is 0 Å². The molecular weight excluding hydrogens is 430 g/mol. The van der Waals surface area contributed by atoms with E-state index in [0.29, 0.717) is 29.2 Å². The van der Waals surface area contributed by atoms with E-state index in [2.05, 4.69) is 10.6 Å². The third kappa shape index (κ3) is 5.09. The van der Waals surface area contributed by atoms with E-state index in [0.717, 1.165) is 17.5 Å². The predicted molar refractivity (Wildman–Crippen MR) is 131 cm³/mol. The molecule has 34 heavy (non-hydrogen) atoms. The number of fused-ring (bicyclic) bond motifs is 1. The molecule has 0 saturated carbocycles. The van der Waals surface area contributed by atoms with E-state index < -0.39 is 0 Å². The van der Waals surface area contributed by atoms with Crippen molar-refractivity contribution in [1.82, 2.24) is 4.90 Å². The second-order valence-corrected chi connectivity index (χ2v) is 8.16. The number of rotatable bonds is 6. The van der Waals surface area contributed by atoms with Crippen LogP contribution in [0.1, 0.15) is 40.9 Å². The number of amides is 3. The Bertz CT molecular complexity index is 1220. The Kier molecular flexibility index (Phi) is 6.92. The van der Waals surface area contributed by atoms with Gasteiger partial charge in [-0.3, -0.25) is 14.4 Å². The van der Waals surface area contributed by atoms with E-state index in [4.69, 9.17) is 4.74 Å². The topological polar surface area (TPSA) is 87.7 Å². The number of hydrogen-bond acceptors (Lipinski definition) is 4. The van der Waals surface area contributed by atoms with Crippen LogP contribution in [-0.2, 0) is 16.0 Å². The normalized spacial score (nSPS) is 14.6. The van der Waals surface area contributed by atoms with Crippen LogP contribution in [0.4, 0.5) is 11.4 Å². The van der Waals surface area contributed by atoms with Crippen molar-refractivity contribution in [2.75, 3.05) is 24.3 Å². The van der Waals surface area contributed by atoms with Crippen molar-refractivity contribution in [1.29, 1.82) is 0 Å². The Morgan fingerprint density at radius 2 is 1.74 bits per heavy atom. The van der Waals surface area contributed by atoms with Crippen LogP contribution in [0.15, 0.2) is 72.8 Å². The van der Waals surface area contributed by atoms with Crippen molar-refractivity contribution in [2.45, 2.75) is 25.8 Å². The zero-order valence-corrected chi connectivity index (χ0v) is 19.2. The summed E-state index contributed by atoms with van der Waals surface area (Å²) in [5, 5.41) is 5.71. The molecule has 7 heteroatoms. The van der Waals surface area contributed by atoms with Crippen LogP contribution in [0.25, 0.3) is 0 Å². The molecule has 1 aliphatic rings. The number of methoxy groups -OCH3 is 1. The highest BCUT2D eigenvalue weighted by Crippen LogP contribution is 2.33. The van der Waals surface area contributed by atoms with Crippen molar-refractivity contribution in [3.05, 3.63) is 89.5 Å². The fraction of sp³-hybridized carbons (Fsp3) is 0.222. The fourth-order valence-electron chi connectivity index (χ4n) is 4.31. The van der Waals surface area contributed by atoms with Crippen LogP contribution in [0, 0.1) is 0 Å². The summed E-state index contributed by atoms with van der Waals surface area (Å²) in [5.41, 5.74) is 3.47. The number of ether oxygens (including phenoxy) is 1. The first-order chi connectivity index (χ1) is 16.5. The largest absolute Gasteiger partial charge is 0.497 e. The summed E-state index contributed by atoms with van der Waals surface area (Å²) < 4.78 is 5.20. The van der Waals surface area contributed by atoms with Gasteiger partial charge in [0.25, 0.3) is 5.91 Å². The molecule has 174 valence electrons. The Hall–Kier alpha value is -4.13. The van der Waals surface area contributed by atoms with Crippen LogP contribution in [0.3, 0.4) is 0 Å². The smallest absolute Gasteiger partial charge is 0.257 e. The lowest BCUT2D eigenvalue weighted by atomic mass is 9.90. The Balaban J connectivity index is 1.51. The third-order valence-electron chi connectivity index (χ3n) is 5.97. The summed E-state index contributed by atoms with van der Waals surface area (Å²) in [6, 6.07) is 21.5. The summed E-state index contributed by atoms with van der Waals surface area (Å²) >= 11 is 0. The molecule has 0 aromatic heterocycles. The molecule has 2 N–H and O–H groups in total. The molecule has 1 atom stereocenters. The number of hydrogen-bond donors (Lipinski definition) is 2. The quantitative estimate of drug-likeness (QED) is 0.574. The second kappa shape index (κ2) is 10.2. The van der Waals surface area contributed by atoms with Crippen molar-refractivity contribution in [2.24, 2.45) is 0 Å². The van der Waals surface area contributed by atoms with Gasteiger partial charge in [0.1, 0.15) is 5.75 Å². The van der Waals surface area contributed by atoms with E-state index in [9.17, 15) is 14.4 Å². The fourth-order valence-corrected chi connectivity index (χ4v) is 4.31. The van der Waals surface area contributed by atoms with Gasteiger partial charge in [0.2, 0.25) is 11.8 Å². The standard InChI is InChI=1S/C27H27N3O4/c1-18(31)30-15-14-19-8-3-4-11-22(19)25(30)17-26(32)29-24-13-6-5-12-23(24)27(33)28-20-9-7-10-21(16-20)34-2/h3-13,16,25H,14-15,17H2,1-2H3,(H,28,33)(H,29,32). The lowest BCUT2D eigenvalue weighted by molar-refractivity contribution is -0.132. The molecule has 1 unspecified atom stereocenters. The maximum Gasteiger partial charge on any atom is 0.257 e. The zero-order chi connectivity index (χ0) is 24.1. The van der Waals surface area contributed by atoms with Gasteiger partial charge < -0.3 is 20.3 Å². The SMILES string of the molecule is COc1cccc(NC(=O)c2ccccc2NC(=O)CC2c3ccccc3CCN2C(C)=O)c1. The van der Waals surface area contributed by atoms with E-state index >= 15 is 0 Å². The number of para-hydroxylation sites is 1. The lowest BCUT2D eigenvalue weighted by Crippen LogP contribution is -2.40.